The van der Waals surface area contributed by atoms with Crippen LogP contribution in [0.3, 0.4) is 0 Å². The molecule has 2 heteroatoms. The van der Waals surface area contributed by atoms with Crippen LogP contribution in [0.4, 0.5) is 0 Å². The van der Waals surface area contributed by atoms with Crippen LogP contribution in [0.5, 0.6) is 11.5 Å². The number of rotatable bonds is 5. The number of phenolic OH excluding ortho intramolecular Hbond substituents is 2. The summed E-state index contributed by atoms with van der Waals surface area (Å²) in [6.07, 6.45) is 2.65. The second kappa shape index (κ2) is 7.96. The summed E-state index contributed by atoms with van der Waals surface area (Å²) in [6, 6.07) is 12.0. The van der Waals surface area contributed by atoms with E-state index in [1.165, 1.54) is 11.1 Å². The van der Waals surface area contributed by atoms with Gasteiger partial charge in [0, 0.05) is 5.92 Å². The van der Waals surface area contributed by atoms with Gasteiger partial charge in [0.1, 0.15) is 11.5 Å². The predicted octanol–water partition coefficient (Wildman–Crippen LogP) is 6.82. The highest BCUT2D eigenvalue weighted by Crippen LogP contribution is 2.36. The van der Waals surface area contributed by atoms with Crippen molar-refractivity contribution >= 4 is 0 Å². The first-order valence-corrected chi connectivity index (χ1v) is 10.0. The lowest BCUT2D eigenvalue weighted by molar-refractivity contribution is 0.394. The fourth-order valence-corrected chi connectivity index (χ4v) is 3.73. The quantitative estimate of drug-likeness (QED) is 0.608. The number of phenols is 2. The SMILES string of the molecule is CCC(c1ccc(O)c(CC(C)(C)C)c1)c1ccc(O)c(CC(C)(C)C)c1. The Bertz CT molecular complexity index is 710. The molecule has 0 aromatic heterocycles. The van der Waals surface area contributed by atoms with Gasteiger partial charge in [0.2, 0.25) is 0 Å². The van der Waals surface area contributed by atoms with Crippen LogP contribution >= 0.6 is 0 Å². The molecule has 0 heterocycles. The summed E-state index contributed by atoms with van der Waals surface area (Å²) in [6.45, 7) is 15.3. The van der Waals surface area contributed by atoms with Crippen LogP contribution in [0.25, 0.3) is 0 Å². The molecular formula is C25H36O2. The summed E-state index contributed by atoms with van der Waals surface area (Å²) in [5, 5.41) is 20.6. The van der Waals surface area contributed by atoms with Gasteiger partial charge in [-0.05, 0) is 64.5 Å². The number of benzene rings is 2. The molecule has 0 unspecified atom stereocenters. The Morgan fingerprint density at radius 3 is 1.37 bits per heavy atom. The van der Waals surface area contributed by atoms with E-state index in [4.69, 9.17) is 0 Å². The summed E-state index contributed by atoms with van der Waals surface area (Å²) >= 11 is 0. The molecule has 2 aromatic rings. The van der Waals surface area contributed by atoms with E-state index in [-0.39, 0.29) is 16.7 Å². The second-order valence-corrected chi connectivity index (χ2v) is 10.2. The monoisotopic (exact) mass is 368 g/mol. The van der Waals surface area contributed by atoms with Crippen molar-refractivity contribution in [2.45, 2.75) is 73.6 Å². The van der Waals surface area contributed by atoms with Gasteiger partial charge in [-0.1, -0.05) is 72.7 Å². The van der Waals surface area contributed by atoms with E-state index in [0.717, 1.165) is 30.4 Å². The zero-order valence-electron chi connectivity index (χ0n) is 18.1. The van der Waals surface area contributed by atoms with E-state index in [9.17, 15) is 10.2 Å². The predicted molar refractivity (Wildman–Crippen MR) is 115 cm³/mol. The molecule has 0 saturated heterocycles. The Balaban J connectivity index is 2.42. The minimum Gasteiger partial charge on any atom is -0.508 e. The zero-order chi connectivity index (χ0) is 20.4. The summed E-state index contributed by atoms with van der Waals surface area (Å²) in [5.41, 5.74) is 4.70. The van der Waals surface area contributed by atoms with Crippen LogP contribution in [0.1, 0.15) is 83.1 Å². The highest BCUT2D eigenvalue weighted by Gasteiger charge is 2.20. The van der Waals surface area contributed by atoms with Crippen molar-refractivity contribution in [2.24, 2.45) is 10.8 Å². The van der Waals surface area contributed by atoms with Crippen LogP contribution in [-0.2, 0) is 12.8 Å². The van der Waals surface area contributed by atoms with E-state index < -0.39 is 0 Å². The molecule has 2 aromatic carbocycles. The maximum Gasteiger partial charge on any atom is 0.118 e. The first-order chi connectivity index (χ1) is 12.4. The average molecular weight is 369 g/mol. The fourth-order valence-electron chi connectivity index (χ4n) is 3.73. The molecule has 0 aliphatic rings. The fraction of sp³-hybridized carbons (Fsp3) is 0.520. The second-order valence-electron chi connectivity index (χ2n) is 10.2. The highest BCUT2D eigenvalue weighted by molar-refractivity contribution is 5.44. The summed E-state index contributed by atoms with van der Waals surface area (Å²) in [5.74, 6) is 1.01. The van der Waals surface area contributed by atoms with E-state index in [1.807, 2.05) is 24.3 Å². The molecule has 2 nitrogen and oxygen atoms in total. The van der Waals surface area contributed by atoms with Crippen molar-refractivity contribution in [2.75, 3.05) is 0 Å². The number of hydrogen-bond acceptors (Lipinski definition) is 2. The average Bonchev–Trinajstić information content (AvgIpc) is 2.51. The van der Waals surface area contributed by atoms with E-state index in [2.05, 4.69) is 60.6 Å². The van der Waals surface area contributed by atoms with Gasteiger partial charge in [-0.3, -0.25) is 0 Å². The molecular weight excluding hydrogens is 332 g/mol. The Morgan fingerprint density at radius 1 is 0.704 bits per heavy atom. The molecule has 27 heavy (non-hydrogen) atoms. The molecule has 0 amide bonds. The molecule has 2 rings (SSSR count). The minimum atomic E-state index is 0.121. The zero-order valence-corrected chi connectivity index (χ0v) is 18.1. The summed E-state index contributed by atoms with van der Waals surface area (Å²) < 4.78 is 0. The molecule has 0 bridgehead atoms. The molecule has 0 spiro atoms. The van der Waals surface area contributed by atoms with Gasteiger partial charge in [0.15, 0.2) is 0 Å². The highest BCUT2D eigenvalue weighted by atomic mass is 16.3. The Labute approximate surface area is 165 Å². The van der Waals surface area contributed by atoms with Crippen molar-refractivity contribution < 1.29 is 10.2 Å². The Hall–Kier alpha value is -1.96. The number of aromatic hydroxyl groups is 2. The molecule has 0 saturated carbocycles. The van der Waals surface area contributed by atoms with Crippen molar-refractivity contribution in [3.05, 3.63) is 58.7 Å². The van der Waals surface area contributed by atoms with Gasteiger partial charge < -0.3 is 10.2 Å². The van der Waals surface area contributed by atoms with Crippen LogP contribution in [-0.4, -0.2) is 10.2 Å². The van der Waals surface area contributed by atoms with E-state index in [0.29, 0.717) is 11.5 Å². The lowest BCUT2D eigenvalue weighted by Crippen LogP contribution is -2.11. The third-order valence-electron chi connectivity index (χ3n) is 4.86. The van der Waals surface area contributed by atoms with Gasteiger partial charge in [-0.15, -0.1) is 0 Å². The molecule has 0 radical (unpaired) electrons. The van der Waals surface area contributed by atoms with Gasteiger partial charge in [-0.25, -0.2) is 0 Å². The van der Waals surface area contributed by atoms with Gasteiger partial charge in [0.25, 0.3) is 0 Å². The van der Waals surface area contributed by atoms with Crippen LogP contribution in [0.15, 0.2) is 36.4 Å². The summed E-state index contributed by atoms with van der Waals surface area (Å²) in [4.78, 5) is 0. The summed E-state index contributed by atoms with van der Waals surface area (Å²) in [7, 11) is 0. The first kappa shape index (κ1) is 21.3. The van der Waals surface area contributed by atoms with Crippen molar-refractivity contribution in [1.82, 2.24) is 0 Å². The van der Waals surface area contributed by atoms with Gasteiger partial charge in [-0.2, -0.15) is 0 Å². The minimum absolute atomic E-state index is 0.121. The normalized spacial score (nSPS) is 12.6. The molecule has 2 N–H and O–H groups in total. The maximum atomic E-state index is 10.3. The van der Waals surface area contributed by atoms with Crippen LogP contribution in [0.2, 0.25) is 0 Å². The molecule has 0 aliphatic carbocycles. The molecule has 0 fully saturated rings. The van der Waals surface area contributed by atoms with E-state index in [1.54, 1.807) is 0 Å². The first-order valence-electron chi connectivity index (χ1n) is 10.0. The standard InChI is InChI=1S/C25H36O2/c1-8-21(17-9-11-22(26)19(13-17)15-24(2,3)4)18-10-12-23(27)20(14-18)16-25(5,6)7/h9-14,21,26-27H,8,15-16H2,1-7H3. The smallest absolute Gasteiger partial charge is 0.118 e. The van der Waals surface area contributed by atoms with Gasteiger partial charge >= 0.3 is 0 Å². The molecule has 0 aliphatic heterocycles. The topological polar surface area (TPSA) is 40.5 Å². The van der Waals surface area contributed by atoms with Crippen LogP contribution < -0.4 is 0 Å². The van der Waals surface area contributed by atoms with E-state index >= 15 is 0 Å². The third kappa shape index (κ3) is 6.02. The largest absolute Gasteiger partial charge is 0.508 e. The van der Waals surface area contributed by atoms with Crippen LogP contribution in [0, 0.1) is 10.8 Å². The Morgan fingerprint density at radius 2 is 1.07 bits per heavy atom. The van der Waals surface area contributed by atoms with Crippen molar-refractivity contribution in [3.8, 4) is 11.5 Å². The Kier molecular flexibility index (Phi) is 6.29. The third-order valence-corrected chi connectivity index (χ3v) is 4.86. The number of hydrogen-bond donors (Lipinski definition) is 2. The van der Waals surface area contributed by atoms with Crippen molar-refractivity contribution in [1.29, 1.82) is 0 Å². The van der Waals surface area contributed by atoms with Crippen molar-refractivity contribution in [3.63, 3.8) is 0 Å². The van der Waals surface area contributed by atoms with Gasteiger partial charge in [0.05, 0.1) is 0 Å². The molecule has 148 valence electrons. The molecule has 0 atom stereocenters. The maximum absolute atomic E-state index is 10.3. The lowest BCUT2D eigenvalue weighted by atomic mass is 9.82. The lowest BCUT2D eigenvalue weighted by Gasteiger charge is -2.23.